The number of hydrogen-bond acceptors (Lipinski definition) is 7. The van der Waals surface area contributed by atoms with Crippen molar-refractivity contribution in [3.05, 3.63) is 36.2 Å². The number of anilines is 1. The smallest absolute Gasteiger partial charge is 0.246 e. The Morgan fingerprint density at radius 1 is 1.22 bits per heavy atom. The third-order valence-corrected chi connectivity index (χ3v) is 6.05. The highest BCUT2D eigenvalue weighted by Crippen LogP contribution is 2.36. The minimum atomic E-state index is -0.663. The summed E-state index contributed by atoms with van der Waals surface area (Å²) < 4.78 is 7.12. The van der Waals surface area contributed by atoms with Crippen molar-refractivity contribution in [1.82, 2.24) is 30.4 Å². The average molecular weight is 435 g/mol. The molecule has 2 fully saturated rings. The van der Waals surface area contributed by atoms with E-state index in [4.69, 9.17) is 15.6 Å². The molecule has 0 bridgehead atoms. The summed E-state index contributed by atoms with van der Waals surface area (Å²) in [5, 5.41) is 11.1. The highest BCUT2D eigenvalue weighted by Gasteiger charge is 2.26. The van der Waals surface area contributed by atoms with Gasteiger partial charge in [-0.1, -0.05) is 37.1 Å². The summed E-state index contributed by atoms with van der Waals surface area (Å²) in [5.74, 6) is -0.135. The molecular weight excluding hydrogens is 410 g/mol. The van der Waals surface area contributed by atoms with Crippen LogP contribution in [0.15, 0.2) is 30.6 Å². The molecule has 3 aromatic rings. The lowest BCUT2D eigenvalue weighted by Crippen LogP contribution is -2.53. The van der Waals surface area contributed by atoms with E-state index < -0.39 is 6.04 Å². The molecule has 1 atom stereocenters. The molecule has 1 aromatic carbocycles. The predicted octanol–water partition coefficient (Wildman–Crippen LogP) is 1.32. The van der Waals surface area contributed by atoms with E-state index in [-0.39, 0.29) is 25.0 Å². The number of nitrogens with two attached hydrogens (primary N) is 1. The number of carbonyl (C=O) groups is 2. The Balaban J connectivity index is 1.35. The zero-order valence-corrected chi connectivity index (χ0v) is 17.6. The van der Waals surface area contributed by atoms with Crippen molar-refractivity contribution < 1.29 is 14.3 Å². The van der Waals surface area contributed by atoms with Crippen molar-refractivity contribution in [2.24, 2.45) is 0 Å². The Hall–Kier alpha value is -3.53. The van der Waals surface area contributed by atoms with Crippen LogP contribution in [0.2, 0.25) is 0 Å². The number of nitrogens with zero attached hydrogens (tertiary/aromatic N) is 4. The van der Waals surface area contributed by atoms with E-state index >= 15 is 0 Å². The minimum Gasteiger partial charge on any atom is -0.383 e. The largest absolute Gasteiger partial charge is 0.383 e. The summed E-state index contributed by atoms with van der Waals surface area (Å²) in [6, 6.07) is 7.46. The normalized spacial score (nSPS) is 19.2. The van der Waals surface area contributed by atoms with Gasteiger partial charge < -0.3 is 21.1 Å². The molecule has 1 aliphatic carbocycles. The van der Waals surface area contributed by atoms with E-state index in [9.17, 15) is 9.59 Å². The fourth-order valence-corrected chi connectivity index (χ4v) is 4.38. The average Bonchev–Trinajstić information content (AvgIpc) is 3.46. The standard InChI is InChI=1S/C22H25N7O3/c23-20-18-19(28-29(15-3-1-2-4-15)21(18)26-12-25-20)14-7-5-13(6-8-14)9-24-22(31)16-10-32-11-17(30)27-16/h5-8,12,15-16H,1-4,9-11H2,(H,24,31)(H,27,30)(H2,23,25,26). The number of carbonyl (C=O) groups excluding carboxylic acids is 2. The number of ether oxygens (including phenoxy) is 1. The summed E-state index contributed by atoms with van der Waals surface area (Å²) >= 11 is 0. The van der Waals surface area contributed by atoms with Gasteiger partial charge in [-0.2, -0.15) is 5.10 Å². The van der Waals surface area contributed by atoms with Crippen LogP contribution >= 0.6 is 0 Å². The second-order valence-electron chi connectivity index (χ2n) is 8.24. The molecule has 0 spiro atoms. The molecule has 166 valence electrons. The lowest BCUT2D eigenvalue weighted by atomic mass is 10.1. The van der Waals surface area contributed by atoms with E-state index in [1.54, 1.807) is 0 Å². The predicted molar refractivity (Wildman–Crippen MR) is 117 cm³/mol. The number of nitrogens with one attached hydrogen (secondary N) is 2. The molecule has 1 unspecified atom stereocenters. The molecule has 1 saturated heterocycles. The molecule has 2 amide bonds. The molecule has 10 heteroatoms. The summed E-state index contributed by atoms with van der Waals surface area (Å²) in [6.07, 6.45) is 6.05. The Bertz CT molecular complexity index is 1150. The molecule has 32 heavy (non-hydrogen) atoms. The Kier molecular flexibility index (Phi) is 5.44. The summed E-state index contributed by atoms with van der Waals surface area (Å²) in [5.41, 5.74) is 9.58. The molecule has 0 radical (unpaired) electrons. The highest BCUT2D eigenvalue weighted by atomic mass is 16.5. The molecule has 5 rings (SSSR count). The molecular formula is C22H25N7O3. The number of nitrogen functional groups attached to an aromatic ring is 1. The second-order valence-corrected chi connectivity index (χ2v) is 8.24. The van der Waals surface area contributed by atoms with E-state index in [1.165, 1.54) is 19.2 Å². The van der Waals surface area contributed by atoms with E-state index in [2.05, 4.69) is 20.6 Å². The van der Waals surface area contributed by atoms with Crippen molar-refractivity contribution in [3.8, 4) is 11.3 Å². The fraction of sp³-hybridized carbons (Fsp3) is 0.409. The van der Waals surface area contributed by atoms with Crippen LogP contribution in [0.5, 0.6) is 0 Å². The van der Waals surface area contributed by atoms with E-state index in [0.717, 1.165) is 40.7 Å². The molecule has 1 saturated carbocycles. The van der Waals surface area contributed by atoms with Gasteiger partial charge in [-0.25, -0.2) is 14.6 Å². The lowest BCUT2D eigenvalue weighted by molar-refractivity contribution is -0.138. The molecule has 1 aliphatic heterocycles. The van der Waals surface area contributed by atoms with Crippen LogP contribution in [0, 0.1) is 0 Å². The zero-order valence-electron chi connectivity index (χ0n) is 17.6. The topological polar surface area (TPSA) is 137 Å². The van der Waals surface area contributed by atoms with Crippen molar-refractivity contribution in [2.45, 2.75) is 44.3 Å². The summed E-state index contributed by atoms with van der Waals surface area (Å²) in [6.45, 7) is 0.511. The third-order valence-electron chi connectivity index (χ3n) is 6.05. The van der Waals surface area contributed by atoms with E-state index in [1.807, 2.05) is 28.9 Å². The third kappa shape index (κ3) is 3.89. The first-order valence-corrected chi connectivity index (χ1v) is 10.8. The number of rotatable bonds is 5. The number of benzene rings is 1. The number of amides is 2. The van der Waals surface area contributed by atoms with Gasteiger partial charge in [0.15, 0.2) is 5.65 Å². The van der Waals surface area contributed by atoms with Crippen molar-refractivity contribution in [2.75, 3.05) is 18.9 Å². The van der Waals surface area contributed by atoms with Gasteiger partial charge in [-0.05, 0) is 18.4 Å². The molecule has 10 nitrogen and oxygen atoms in total. The van der Waals surface area contributed by atoms with Crippen LogP contribution in [-0.2, 0) is 20.9 Å². The summed E-state index contributed by atoms with van der Waals surface area (Å²) in [4.78, 5) is 32.3. The lowest BCUT2D eigenvalue weighted by Gasteiger charge is -2.22. The van der Waals surface area contributed by atoms with Gasteiger partial charge in [0.1, 0.15) is 30.5 Å². The first-order chi connectivity index (χ1) is 15.6. The monoisotopic (exact) mass is 435 g/mol. The first-order valence-electron chi connectivity index (χ1n) is 10.8. The van der Waals surface area contributed by atoms with Crippen molar-refractivity contribution in [1.29, 1.82) is 0 Å². The fourth-order valence-electron chi connectivity index (χ4n) is 4.38. The van der Waals surface area contributed by atoms with Gasteiger partial charge in [0.05, 0.1) is 18.0 Å². The molecule has 3 heterocycles. The SMILES string of the molecule is Nc1ncnc2c1c(-c1ccc(CNC(=O)C3COCC(=O)N3)cc1)nn2C1CCCC1. The molecule has 2 aromatic heterocycles. The van der Waals surface area contributed by atoms with Gasteiger partial charge in [-0.15, -0.1) is 0 Å². The van der Waals surface area contributed by atoms with Crippen LogP contribution in [0.4, 0.5) is 5.82 Å². The van der Waals surface area contributed by atoms with Crippen LogP contribution in [0.3, 0.4) is 0 Å². The Morgan fingerprint density at radius 2 is 2.00 bits per heavy atom. The highest BCUT2D eigenvalue weighted by molar-refractivity contribution is 5.98. The Labute approximate surface area is 184 Å². The number of aromatic nitrogens is 4. The molecule has 2 aliphatic rings. The van der Waals surface area contributed by atoms with Gasteiger partial charge in [0, 0.05) is 12.1 Å². The van der Waals surface area contributed by atoms with Gasteiger partial charge in [-0.3, -0.25) is 9.59 Å². The van der Waals surface area contributed by atoms with Gasteiger partial charge >= 0.3 is 0 Å². The zero-order chi connectivity index (χ0) is 22.1. The quantitative estimate of drug-likeness (QED) is 0.550. The Morgan fingerprint density at radius 3 is 2.75 bits per heavy atom. The first kappa shape index (κ1) is 20.4. The maximum absolute atomic E-state index is 12.3. The second kappa shape index (κ2) is 8.54. The number of hydrogen-bond donors (Lipinski definition) is 3. The molecule has 4 N–H and O–H groups in total. The van der Waals surface area contributed by atoms with Crippen LogP contribution in [0.1, 0.15) is 37.3 Å². The van der Waals surface area contributed by atoms with Crippen LogP contribution in [0.25, 0.3) is 22.3 Å². The van der Waals surface area contributed by atoms with Crippen LogP contribution in [-0.4, -0.2) is 50.8 Å². The maximum atomic E-state index is 12.3. The van der Waals surface area contributed by atoms with Crippen molar-refractivity contribution in [3.63, 3.8) is 0 Å². The minimum absolute atomic E-state index is 0.00795. The number of morpholine rings is 1. The van der Waals surface area contributed by atoms with Gasteiger partial charge in [0.25, 0.3) is 0 Å². The van der Waals surface area contributed by atoms with Gasteiger partial charge in [0.2, 0.25) is 11.8 Å². The summed E-state index contributed by atoms with van der Waals surface area (Å²) in [7, 11) is 0. The van der Waals surface area contributed by atoms with Crippen molar-refractivity contribution >= 4 is 28.7 Å². The maximum Gasteiger partial charge on any atom is 0.246 e. The van der Waals surface area contributed by atoms with Crippen LogP contribution < -0.4 is 16.4 Å². The van der Waals surface area contributed by atoms with E-state index in [0.29, 0.717) is 18.4 Å². The number of fused-ring (bicyclic) bond motifs is 1.